The first-order valence-corrected chi connectivity index (χ1v) is 6.02. The molecular weight excluding hydrogens is 289 g/mol. The quantitative estimate of drug-likeness (QED) is 0.638. The Morgan fingerprint density at radius 3 is 2.25 bits per heavy atom. The molecule has 20 heavy (non-hydrogen) atoms. The fraction of sp³-hybridized carbons (Fsp3) is 0.0714. The van der Waals surface area contributed by atoms with Gasteiger partial charge >= 0.3 is 6.18 Å². The van der Waals surface area contributed by atoms with E-state index in [0.29, 0.717) is 0 Å². The topological polar surface area (TPSA) is 38.4 Å². The number of nitrogens with two attached hydrogens (primary N) is 1. The minimum atomic E-state index is -4.59. The summed E-state index contributed by atoms with van der Waals surface area (Å²) in [5.74, 6) is 0. The van der Waals surface area contributed by atoms with Crippen molar-refractivity contribution in [3.05, 3.63) is 59.1 Å². The van der Waals surface area contributed by atoms with E-state index in [1.807, 2.05) is 0 Å². The molecule has 0 saturated carbocycles. The summed E-state index contributed by atoms with van der Waals surface area (Å²) in [6.45, 7) is 0. The molecule has 0 radical (unpaired) electrons. The molecule has 2 aromatic carbocycles. The summed E-state index contributed by atoms with van der Waals surface area (Å²) in [6.07, 6.45) is -4.59. The Morgan fingerprint density at radius 2 is 1.65 bits per heavy atom. The van der Waals surface area contributed by atoms with E-state index in [-0.39, 0.29) is 22.0 Å². The number of para-hydroxylation sites is 1. The second kappa shape index (κ2) is 5.54. The van der Waals surface area contributed by atoms with Gasteiger partial charge in [-0.15, -0.1) is 0 Å². The van der Waals surface area contributed by atoms with Gasteiger partial charge in [-0.3, -0.25) is 0 Å². The standard InChI is InChI=1S/C14H10ClF3N2/c15-10-7-4-8-11(12(10)19)20-13(14(16,17)18)9-5-2-1-3-6-9/h1-8H,19H2. The van der Waals surface area contributed by atoms with Crippen LogP contribution in [0, 0.1) is 0 Å². The van der Waals surface area contributed by atoms with E-state index >= 15 is 0 Å². The number of nitrogens with zero attached hydrogens (tertiary/aromatic N) is 1. The van der Waals surface area contributed by atoms with Crippen LogP contribution in [0.3, 0.4) is 0 Å². The summed E-state index contributed by atoms with van der Waals surface area (Å²) >= 11 is 5.78. The predicted molar refractivity (Wildman–Crippen MR) is 74.6 cm³/mol. The molecule has 0 atom stereocenters. The molecule has 6 heteroatoms. The molecule has 0 bridgehead atoms. The lowest BCUT2D eigenvalue weighted by Gasteiger charge is -2.12. The number of anilines is 1. The van der Waals surface area contributed by atoms with Crippen molar-refractivity contribution < 1.29 is 13.2 Å². The van der Waals surface area contributed by atoms with Crippen LogP contribution in [0.4, 0.5) is 24.5 Å². The largest absolute Gasteiger partial charge is 0.433 e. The number of benzene rings is 2. The van der Waals surface area contributed by atoms with Crippen molar-refractivity contribution in [2.24, 2.45) is 4.99 Å². The number of aliphatic imine (C=N–C) groups is 1. The Morgan fingerprint density at radius 1 is 1.00 bits per heavy atom. The molecular formula is C14H10ClF3N2. The second-order valence-corrected chi connectivity index (χ2v) is 4.40. The van der Waals surface area contributed by atoms with Gasteiger partial charge in [-0.2, -0.15) is 13.2 Å². The third kappa shape index (κ3) is 3.11. The first-order chi connectivity index (χ1) is 9.39. The molecule has 104 valence electrons. The minimum Gasteiger partial charge on any atom is -0.396 e. The Hall–Kier alpha value is -2.01. The van der Waals surface area contributed by atoms with Crippen molar-refractivity contribution in [1.82, 2.24) is 0 Å². The highest BCUT2D eigenvalue weighted by molar-refractivity contribution is 6.33. The molecule has 0 aliphatic carbocycles. The SMILES string of the molecule is Nc1c(Cl)cccc1N=C(c1ccccc1)C(F)(F)F. The van der Waals surface area contributed by atoms with Crippen LogP contribution in [-0.4, -0.2) is 11.9 Å². The van der Waals surface area contributed by atoms with Gasteiger partial charge < -0.3 is 5.73 Å². The average molecular weight is 299 g/mol. The van der Waals surface area contributed by atoms with Crippen molar-refractivity contribution in [3.63, 3.8) is 0 Å². The molecule has 2 N–H and O–H groups in total. The third-order valence-corrected chi connectivity index (χ3v) is 2.91. The zero-order valence-electron chi connectivity index (χ0n) is 10.2. The second-order valence-electron chi connectivity index (χ2n) is 4.00. The molecule has 0 aliphatic rings. The van der Waals surface area contributed by atoms with Gasteiger partial charge in [0.15, 0.2) is 5.71 Å². The number of nitrogen functional groups attached to an aromatic ring is 1. The van der Waals surface area contributed by atoms with Crippen molar-refractivity contribution in [1.29, 1.82) is 0 Å². The minimum absolute atomic E-state index is 0.00585. The van der Waals surface area contributed by atoms with Crippen LogP contribution in [-0.2, 0) is 0 Å². The Labute approximate surface area is 118 Å². The molecule has 0 saturated heterocycles. The van der Waals surface area contributed by atoms with Gasteiger partial charge in [0, 0.05) is 5.56 Å². The van der Waals surface area contributed by atoms with E-state index in [0.717, 1.165) is 0 Å². The Bertz CT molecular complexity index is 637. The maximum Gasteiger partial charge on any atom is 0.433 e. The van der Waals surface area contributed by atoms with Gasteiger partial charge in [0.05, 0.1) is 16.4 Å². The van der Waals surface area contributed by atoms with Crippen molar-refractivity contribution >= 4 is 28.7 Å². The van der Waals surface area contributed by atoms with Crippen molar-refractivity contribution in [2.45, 2.75) is 6.18 Å². The zero-order chi connectivity index (χ0) is 14.8. The summed E-state index contributed by atoms with van der Waals surface area (Å²) in [5.41, 5.74) is 4.62. The maximum atomic E-state index is 13.1. The highest BCUT2D eigenvalue weighted by atomic mass is 35.5. The molecule has 0 aliphatic heterocycles. The lowest BCUT2D eigenvalue weighted by molar-refractivity contribution is -0.0579. The molecule has 0 heterocycles. The molecule has 0 fully saturated rings. The van der Waals surface area contributed by atoms with Gasteiger partial charge in [-0.25, -0.2) is 4.99 Å². The van der Waals surface area contributed by atoms with Crippen LogP contribution in [0.1, 0.15) is 5.56 Å². The van der Waals surface area contributed by atoms with Crippen LogP contribution in [0.15, 0.2) is 53.5 Å². The molecule has 0 amide bonds. The van der Waals surface area contributed by atoms with E-state index in [4.69, 9.17) is 17.3 Å². The monoisotopic (exact) mass is 298 g/mol. The predicted octanol–water partition coefficient (Wildman–Crippen LogP) is 4.61. The number of rotatable bonds is 2. The number of hydrogen-bond acceptors (Lipinski definition) is 2. The van der Waals surface area contributed by atoms with Crippen LogP contribution in [0.5, 0.6) is 0 Å². The highest BCUT2D eigenvalue weighted by Gasteiger charge is 2.36. The summed E-state index contributed by atoms with van der Waals surface area (Å²) in [4.78, 5) is 3.64. The molecule has 2 rings (SSSR count). The van der Waals surface area contributed by atoms with Crippen LogP contribution in [0.25, 0.3) is 0 Å². The van der Waals surface area contributed by atoms with E-state index in [1.165, 1.54) is 42.5 Å². The summed E-state index contributed by atoms with van der Waals surface area (Å²) in [5, 5.41) is 0.167. The molecule has 0 aromatic heterocycles. The average Bonchev–Trinajstić information content (AvgIpc) is 2.40. The highest BCUT2D eigenvalue weighted by Crippen LogP contribution is 2.32. The fourth-order valence-corrected chi connectivity index (χ4v) is 1.80. The van der Waals surface area contributed by atoms with Gasteiger partial charge in [0.25, 0.3) is 0 Å². The van der Waals surface area contributed by atoms with E-state index in [9.17, 15) is 13.2 Å². The number of halogens is 4. The molecule has 2 nitrogen and oxygen atoms in total. The lowest BCUT2D eigenvalue weighted by atomic mass is 10.1. The van der Waals surface area contributed by atoms with Crippen molar-refractivity contribution in [3.8, 4) is 0 Å². The summed E-state index contributed by atoms with van der Waals surface area (Å²) in [6, 6.07) is 11.7. The van der Waals surface area contributed by atoms with Gasteiger partial charge in [-0.05, 0) is 12.1 Å². The zero-order valence-corrected chi connectivity index (χ0v) is 10.9. The summed E-state index contributed by atoms with van der Waals surface area (Å²) < 4.78 is 39.4. The van der Waals surface area contributed by atoms with Crippen LogP contribution < -0.4 is 5.73 Å². The lowest BCUT2D eigenvalue weighted by Crippen LogP contribution is -2.23. The fourth-order valence-electron chi connectivity index (χ4n) is 1.63. The first kappa shape index (κ1) is 14.4. The molecule has 0 unspecified atom stereocenters. The van der Waals surface area contributed by atoms with Crippen LogP contribution in [0.2, 0.25) is 5.02 Å². The van der Waals surface area contributed by atoms with Gasteiger partial charge in [0.1, 0.15) is 0 Å². The summed E-state index contributed by atoms with van der Waals surface area (Å²) in [7, 11) is 0. The van der Waals surface area contributed by atoms with E-state index < -0.39 is 11.9 Å². The molecule has 0 spiro atoms. The first-order valence-electron chi connectivity index (χ1n) is 5.65. The Kier molecular flexibility index (Phi) is 3.99. The molecule has 2 aromatic rings. The van der Waals surface area contributed by atoms with Crippen molar-refractivity contribution in [2.75, 3.05) is 5.73 Å². The third-order valence-electron chi connectivity index (χ3n) is 2.58. The Balaban J connectivity index is 2.58. The van der Waals surface area contributed by atoms with Gasteiger partial charge in [0.2, 0.25) is 0 Å². The maximum absolute atomic E-state index is 13.1. The normalized spacial score (nSPS) is 12.5. The van der Waals surface area contributed by atoms with Gasteiger partial charge in [-0.1, -0.05) is 48.0 Å². The number of hydrogen-bond donors (Lipinski definition) is 1. The van der Waals surface area contributed by atoms with E-state index in [1.54, 1.807) is 6.07 Å². The number of alkyl halides is 3. The smallest absolute Gasteiger partial charge is 0.396 e. The van der Waals surface area contributed by atoms with Crippen LogP contribution >= 0.6 is 11.6 Å². The van der Waals surface area contributed by atoms with E-state index in [2.05, 4.69) is 4.99 Å².